The van der Waals surface area contributed by atoms with Crippen LogP contribution >= 0.6 is 11.6 Å². The Labute approximate surface area is 174 Å². The fourth-order valence-electron chi connectivity index (χ4n) is 3.52. The molecule has 152 valence electrons. The molecule has 0 aromatic heterocycles. The SMILES string of the molecule is COc1ccc(CCN2C(=O)C(O)=C(C(C)=O)C2c2ccc(Cl)cc2)cc1OC. The number of hydrogen-bond donors (Lipinski definition) is 1. The predicted molar refractivity (Wildman–Crippen MR) is 109 cm³/mol. The van der Waals surface area contributed by atoms with Crippen LogP contribution in [0.15, 0.2) is 53.8 Å². The number of benzene rings is 2. The maximum absolute atomic E-state index is 12.7. The average Bonchev–Trinajstić information content (AvgIpc) is 2.97. The molecular formula is C22H22ClNO5. The summed E-state index contributed by atoms with van der Waals surface area (Å²) in [4.78, 5) is 26.4. The second-order valence-electron chi connectivity index (χ2n) is 6.71. The number of carbonyl (C=O) groups excluding carboxylic acids is 2. The fraction of sp³-hybridized carbons (Fsp3) is 0.273. The van der Waals surface area contributed by atoms with Crippen molar-refractivity contribution >= 4 is 23.3 Å². The van der Waals surface area contributed by atoms with Crippen LogP contribution in [0.25, 0.3) is 0 Å². The van der Waals surface area contributed by atoms with Crippen molar-refractivity contribution in [3.8, 4) is 11.5 Å². The molecule has 0 bridgehead atoms. The van der Waals surface area contributed by atoms with E-state index in [9.17, 15) is 14.7 Å². The van der Waals surface area contributed by atoms with Crippen molar-refractivity contribution in [1.29, 1.82) is 0 Å². The van der Waals surface area contributed by atoms with E-state index in [0.717, 1.165) is 5.56 Å². The van der Waals surface area contributed by atoms with Gasteiger partial charge in [-0.2, -0.15) is 0 Å². The number of Topliss-reactive ketones (excluding diaryl/α,β-unsaturated/α-hetero) is 1. The van der Waals surface area contributed by atoms with Crippen LogP contribution in [0.2, 0.25) is 5.02 Å². The van der Waals surface area contributed by atoms with Gasteiger partial charge in [-0.25, -0.2) is 0 Å². The van der Waals surface area contributed by atoms with Gasteiger partial charge in [0.15, 0.2) is 23.0 Å². The van der Waals surface area contributed by atoms with Gasteiger partial charge < -0.3 is 19.5 Å². The Bertz CT molecular complexity index is 968. The Morgan fingerprint density at radius 1 is 1.10 bits per heavy atom. The zero-order chi connectivity index (χ0) is 21.1. The number of carbonyl (C=O) groups is 2. The van der Waals surface area contributed by atoms with Crippen LogP contribution in [-0.4, -0.2) is 42.5 Å². The van der Waals surface area contributed by atoms with Crippen molar-refractivity contribution in [2.24, 2.45) is 0 Å². The summed E-state index contributed by atoms with van der Waals surface area (Å²) in [6, 6.07) is 11.8. The smallest absolute Gasteiger partial charge is 0.290 e. The normalized spacial score (nSPS) is 16.3. The fourth-order valence-corrected chi connectivity index (χ4v) is 3.65. The van der Waals surface area contributed by atoms with Crippen molar-refractivity contribution in [3.05, 3.63) is 69.9 Å². The standard InChI is InChI=1S/C22H22ClNO5/c1-13(25)19-20(15-5-7-16(23)8-6-15)24(22(27)21(19)26)11-10-14-4-9-17(28-2)18(12-14)29-3/h4-9,12,20,26H,10-11H2,1-3H3. The largest absolute Gasteiger partial charge is 0.503 e. The van der Waals surface area contributed by atoms with E-state index < -0.39 is 17.7 Å². The van der Waals surface area contributed by atoms with Gasteiger partial charge in [0.25, 0.3) is 5.91 Å². The van der Waals surface area contributed by atoms with Gasteiger partial charge in [0.2, 0.25) is 0 Å². The maximum Gasteiger partial charge on any atom is 0.290 e. The zero-order valence-electron chi connectivity index (χ0n) is 16.4. The molecule has 0 radical (unpaired) electrons. The summed E-state index contributed by atoms with van der Waals surface area (Å²) in [6.07, 6.45) is 0.509. The van der Waals surface area contributed by atoms with Crippen LogP contribution in [0.4, 0.5) is 0 Å². The first-order valence-electron chi connectivity index (χ1n) is 9.08. The topological polar surface area (TPSA) is 76.1 Å². The van der Waals surface area contributed by atoms with E-state index in [1.807, 2.05) is 12.1 Å². The van der Waals surface area contributed by atoms with E-state index in [4.69, 9.17) is 21.1 Å². The third-order valence-electron chi connectivity index (χ3n) is 4.96. The highest BCUT2D eigenvalue weighted by Gasteiger charge is 2.42. The molecule has 1 atom stereocenters. The average molecular weight is 416 g/mol. The van der Waals surface area contributed by atoms with Crippen molar-refractivity contribution in [3.63, 3.8) is 0 Å². The molecule has 0 saturated carbocycles. The number of halogens is 1. The molecule has 1 amide bonds. The lowest BCUT2D eigenvalue weighted by Gasteiger charge is -2.26. The van der Waals surface area contributed by atoms with Crippen LogP contribution in [0.5, 0.6) is 11.5 Å². The van der Waals surface area contributed by atoms with E-state index in [-0.39, 0.29) is 11.4 Å². The van der Waals surface area contributed by atoms with Crippen LogP contribution in [0, 0.1) is 0 Å². The molecule has 2 aromatic rings. The Kier molecular flexibility index (Phi) is 6.13. The number of aliphatic hydroxyl groups is 1. The number of methoxy groups -OCH3 is 2. The molecule has 2 aromatic carbocycles. The van der Waals surface area contributed by atoms with Crippen molar-refractivity contribution < 1.29 is 24.2 Å². The van der Waals surface area contributed by atoms with E-state index in [1.54, 1.807) is 44.6 Å². The monoisotopic (exact) mass is 415 g/mol. The van der Waals surface area contributed by atoms with Gasteiger partial charge in [0, 0.05) is 11.6 Å². The molecule has 6 nitrogen and oxygen atoms in total. The van der Waals surface area contributed by atoms with Gasteiger partial charge in [-0.3, -0.25) is 9.59 Å². The summed E-state index contributed by atoms with van der Waals surface area (Å²) in [7, 11) is 3.12. The van der Waals surface area contributed by atoms with Gasteiger partial charge in [0.05, 0.1) is 25.8 Å². The molecular weight excluding hydrogens is 394 g/mol. The minimum absolute atomic E-state index is 0.102. The second kappa shape index (κ2) is 8.57. The summed E-state index contributed by atoms with van der Waals surface area (Å²) in [5.41, 5.74) is 1.75. The molecule has 7 heteroatoms. The Morgan fingerprint density at radius 3 is 2.34 bits per heavy atom. The van der Waals surface area contributed by atoms with E-state index in [0.29, 0.717) is 35.1 Å². The summed E-state index contributed by atoms with van der Waals surface area (Å²) in [5, 5.41) is 10.9. The van der Waals surface area contributed by atoms with Crippen LogP contribution in [0.1, 0.15) is 24.1 Å². The molecule has 1 unspecified atom stereocenters. The van der Waals surface area contributed by atoms with Crippen LogP contribution in [0.3, 0.4) is 0 Å². The van der Waals surface area contributed by atoms with Crippen molar-refractivity contribution in [2.75, 3.05) is 20.8 Å². The number of rotatable bonds is 7. The minimum Gasteiger partial charge on any atom is -0.503 e. The van der Waals surface area contributed by atoms with Crippen molar-refractivity contribution in [2.45, 2.75) is 19.4 Å². The number of ketones is 1. The lowest BCUT2D eigenvalue weighted by Crippen LogP contribution is -2.32. The number of nitrogens with zero attached hydrogens (tertiary/aromatic N) is 1. The van der Waals surface area contributed by atoms with Crippen molar-refractivity contribution in [1.82, 2.24) is 4.90 Å². The molecule has 0 fully saturated rings. The highest BCUT2D eigenvalue weighted by atomic mass is 35.5. The first-order valence-corrected chi connectivity index (χ1v) is 9.46. The minimum atomic E-state index is -0.655. The van der Waals surface area contributed by atoms with Crippen LogP contribution in [-0.2, 0) is 16.0 Å². The maximum atomic E-state index is 12.7. The zero-order valence-corrected chi connectivity index (χ0v) is 17.2. The lowest BCUT2D eigenvalue weighted by atomic mass is 9.96. The van der Waals surface area contributed by atoms with Gasteiger partial charge in [-0.1, -0.05) is 29.8 Å². The quantitative estimate of drug-likeness (QED) is 0.742. The molecule has 3 rings (SSSR count). The highest BCUT2D eigenvalue weighted by molar-refractivity contribution is 6.30. The molecule has 0 aliphatic carbocycles. The third kappa shape index (κ3) is 4.07. The summed E-state index contributed by atoms with van der Waals surface area (Å²) in [6.45, 7) is 1.65. The number of amides is 1. The number of ether oxygens (including phenoxy) is 2. The first-order chi connectivity index (χ1) is 13.9. The number of aliphatic hydroxyl groups excluding tert-OH is 1. The summed E-state index contributed by atoms with van der Waals surface area (Å²) >= 11 is 5.97. The summed E-state index contributed by atoms with van der Waals surface area (Å²) < 4.78 is 10.6. The molecule has 29 heavy (non-hydrogen) atoms. The molecule has 0 spiro atoms. The van der Waals surface area contributed by atoms with Gasteiger partial charge >= 0.3 is 0 Å². The Morgan fingerprint density at radius 2 is 1.76 bits per heavy atom. The predicted octanol–water partition coefficient (Wildman–Crippen LogP) is 3.88. The van der Waals surface area contributed by atoms with Gasteiger partial charge in [-0.05, 0) is 48.7 Å². The van der Waals surface area contributed by atoms with E-state index in [2.05, 4.69) is 0 Å². The van der Waals surface area contributed by atoms with E-state index in [1.165, 1.54) is 11.8 Å². The van der Waals surface area contributed by atoms with Crippen LogP contribution < -0.4 is 9.47 Å². The molecule has 1 aliphatic rings. The molecule has 1 N–H and O–H groups in total. The highest BCUT2D eigenvalue weighted by Crippen LogP contribution is 2.38. The van der Waals surface area contributed by atoms with Gasteiger partial charge in [0.1, 0.15) is 0 Å². The second-order valence-corrected chi connectivity index (χ2v) is 7.15. The molecule has 1 heterocycles. The summed E-state index contributed by atoms with van der Waals surface area (Å²) in [5.74, 6) is -0.187. The third-order valence-corrected chi connectivity index (χ3v) is 5.21. The Balaban J connectivity index is 1.89. The van der Waals surface area contributed by atoms with Gasteiger partial charge in [-0.15, -0.1) is 0 Å². The number of hydrogen-bond acceptors (Lipinski definition) is 5. The lowest BCUT2D eigenvalue weighted by molar-refractivity contribution is -0.129. The first kappa shape index (κ1) is 20.7. The van der Waals surface area contributed by atoms with E-state index >= 15 is 0 Å². The molecule has 0 saturated heterocycles. The molecule has 1 aliphatic heterocycles. The Hall–Kier alpha value is -2.99.